The number of alkyl halides is 3. The van der Waals surface area contributed by atoms with E-state index in [-0.39, 0.29) is 0 Å². The summed E-state index contributed by atoms with van der Waals surface area (Å²) in [7, 11) is 0. The van der Waals surface area contributed by atoms with E-state index >= 15 is 0 Å². The molecule has 2 heterocycles. The summed E-state index contributed by atoms with van der Waals surface area (Å²) in [4.78, 5) is 2.51. The molecule has 2 aliphatic heterocycles. The molecule has 32 heavy (non-hydrogen) atoms. The molecule has 0 bridgehead atoms. The van der Waals surface area contributed by atoms with E-state index in [4.69, 9.17) is 0 Å². The largest absolute Gasteiger partial charge is 0.416 e. The summed E-state index contributed by atoms with van der Waals surface area (Å²) in [6.45, 7) is 1.75. The fraction of sp³-hybridized carbons (Fsp3) is 0.333. The molecule has 3 aromatic rings. The zero-order chi connectivity index (χ0) is 22.2. The van der Waals surface area contributed by atoms with Crippen LogP contribution in [-0.2, 0) is 18.1 Å². The van der Waals surface area contributed by atoms with Gasteiger partial charge < -0.3 is 5.32 Å². The number of benzene rings is 3. The standard InChI is InChI=1S/C27H27F3N2/c28-27(29,30)23-14-12-22(13-15-23)26(17-16-20-7-4-5-10-24(20)31-26)19-32-18-6-11-25(32)21-8-2-1-3-9-21/h1-5,7-10,12-15,25,31H,6,11,16-19H2. The van der Waals surface area contributed by atoms with Gasteiger partial charge in [-0.15, -0.1) is 0 Å². The summed E-state index contributed by atoms with van der Waals surface area (Å²) < 4.78 is 39.6. The van der Waals surface area contributed by atoms with Crippen molar-refractivity contribution < 1.29 is 13.2 Å². The number of aryl methyl sites for hydroxylation is 1. The zero-order valence-electron chi connectivity index (χ0n) is 17.9. The monoisotopic (exact) mass is 436 g/mol. The zero-order valence-corrected chi connectivity index (χ0v) is 17.9. The Labute approximate surface area is 187 Å². The van der Waals surface area contributed by atoms with Crippen molar-refractivity contribution in [2.45, 2.75) is 43.4 Å². The first-order valence-electron chi connectivity index (χ1n) is 11.3. The van der Waals surface area contributed by atoms with Crippen LogP contribution in [0.15, 0.2) is 78.9 Å². The van der Waals surface area contributed by atoms with Crippen LogP contribution in [0.1, 0.15) is 47.6 Å². The molecule has 5 rings (SSSR count). The van der Waals surface area contributed by atoms with Crippen LogP contribution < -0.4 is 5.32 Å². The highest BCUT2D eigenvalue weighted by Crippen LogP contribution is 2.42. The van der Waals surface area contributed by atoms with Crippen molar-refractivity contribution in [3.05, 3.63) is 101 Å². The van der Waals surface area contributed by atoms with Crippen molar-refractivity contribution in [1.29, 1.82) is 0 Å². The van der Waals surface area contributed by atoms with Gasteiger partial charge in [-0.3, -0.25) is 4.90 Å². The number of para-hydroxylation sites is 1. The van der Waals surface area contributed by atoms with Gasteiger partial charge in [-0.05, 0) is 67.1 Å². The Hall–Kier alpha value is -2.79. The number of fused-ring (bicyclic) bond motifs is 1. The average molecular weight is 437 g/mol. The van der Waals surface area contributed by atoms with Gasteiger partial charge in [0.2, 0.25) is 0 Å². The van der Waals surface area contributed by atoms with Crippen LogP contribution in [0.2, 0.25) is 0 Å². The molecule has 0 aliphatic carbocycles. The van der Waals surface area contributed by atoms with E-state index < -0.39 is 17.3 Å². The molecule has 1 N–H and O–H groups in total. The lowest BCUT2D eigenvalue weighted by Crippen LogP contribution is -2.48. The maximum Gasteiger partial charge on any atom is 0.416 e. The smallest absolute Gasteiger partial charge is 0.374 e. The molecule has 0 aromatic heterocycles. The van der Waals surface area contributed by atoms with Crippen molar-refractivity contribution in [2.24, 2.45) is 0 Å². The minimum Gasteiger partial charge on any atom is -0.374 e. The summed E-state index contributed by atoms with van der Waals surface area (Å²) in [5, 5.41) is 3.76. The summed E-state index contributed by atoms with van der Waals surface area (Å²) >= 11 is 0. The highest BCUT2D eigenvalue weighted by atomic mass is 19.4. The topological polar surface area (TPSA) is 15.3 Å². The SMILES string of the molecule is FC(F)(F)c1ccc(C2(CN3CCCC3c3ccccc3)CCc3ccccc3N2)cc1. The maximum atomic E-state index is 13.2. The fourth-order valence-corrected chi connectivity index (χ4v) is 5.35. The highest BCUT2D eigenvalue weighted by Gasteiger charge is 2.41. The van der Waals surface area contributed by atoms with Gasteiger partial charge in [0.15, 0.2) is 0 Å². The number of hydrogen-bond donors (Lipinski definition) is 1. The summed E-state index contributed by atoms with van der Waals surface area (Å²) in [6, 6.07) is 24.9. The number of nitrogens with zero attached hydrogens (tertiary/aromatic N) is 1. The number of hydrogen-bond acceptors (Lipinski definition) is 2. The van der Waals surface area contributed by atoms with Gasteiger partial charge >= 0.3 is 6.18 Å². The second-order valence-corrected chi connectivity index (χ2v) is 8.98. The third kappa shape index (κ3) is 4.02. The lowest BCUT2D eigenvalue weighted by Gasteiger charge is -2.44. The summed E-state index contributed by atoms with van der Waals surface area (Å²) in [5.74, 6) is 0. The van der Waals surface area contributed by atoms with E-state index in [2.05, 4.69) is 46.6 Å². The van der Waals surface area contributed by atoms with Gasteiger partial charge in [0, 0.05) is 18.3 Å². The van der Waals surface area contributed by atoms with E-state index in [1.165, 1.54) is 23.3 Å². The van der Waals surface area contributed by atoms with Crippen LogP contribution in [-0.4, -0.2) is 18.0 Å². The normalized spacial score (nSPS) is 23.5. The van der Waals surface area contributed by atoms with E-state index in [0.29, 0.717) is 6.04 Å². The van der Waals surface area contributed by atoms with Gasteiger partial charge in [0.25, 0.3) is 0 Å². The van der Waals surface area contributed by atoms with E-state index in [1.54, 1.807) is 12.1 Å². The molecule has 2 unspecified atom stereocenters. The molecule has 2 atom stereocenters. The number of nitrogens with one attached hydrogen (secondary N) is 1. The minimum absolute atomic E-state index is 0.335. The van der Waals surface area contributed by atoms with E-state index in [9.17, 15) is 13.2 Å². The molecule has 0 radical (unpaired) electrons. The van der Waals surface area contributed by atoms with Crippen molar-refractivity contribution in [1.82, 2.24) is 4.90 Å². The van der Waals surface area contributed by atoms with Crippen LogP contribution in [0.4, 0.5) is 18.9 Å². The molecular formula is C27H27F3N2. The van der Waals surface area contributed by atoms with Crippen LogP contribution >= 0.6 is 0 Å². The van der Waals surface area contributed by atoms with Crippen LogP contribution in [0, 0.1) is 0 Å². The second-order valence-electron chi connectivity index (χ2n) is 8.98. The Morgan fingerprint density at radius 2 is 1.62 bits per heavy atom. The molecule has 0 saturated carbocycles. The van der Waals surface area contributed by atoms with Crippen molar-refractivity contribution >= 4 is 5.69 Å². The number of halogens is 3. The molecular weight excluding hydrogens is 409 g/mol. The third-order valence-corrected chi connectivity index (χ3v) is 7.00. The lowest BCUT2D eigenvalue weighted by molar-refractivity contribution is -0.137. The van der Waals surface area contributed by atoms with Gasteiger partial charge in [0.05, 0.1) is 11.1 Å². The molecule has 166 valence electrons. The maximum absolute atomic E-state index is 13.2. The third-order valence-electron chi connectivity index (χ3n) is 7.00. The Balaban J connectivity index is 1.51. The first kappa shape index (κ1) is 21.1. The Morgan fingerprint density at radius 3 is 2.38 bits per heavy atom. The van der Waals surface area contributed by atoms with Crippen LogP contribution in [0.25, 0.3) is 0 Å². The first-order chi connectivity index (χ1) is 15.4. The van der Waals surface area contributed by atoms with Crippen LogP contribution in [0.3, 0.4) is 0 Å². The van der Waals surface area contributed by atoms with E-state index in [0.717, 1.165) is 50.0 Å². The molecule has 5 heteroatoms. The molecule has 3 aromatic carbocycles. The Bertz CT molecular complexity index is 1060. The van der Waals surface area contributed by atoms with Crippen molar-refractivity contribution in [3.8, 4) is 0 Å². The molecule has 0 spiro atoms. The molecule has 1 saturated heterocycles. The van der Waals surface area contributed by atoms with Crippen molar-refractivity contribution in [2.75, 3.05) is 18.4 Å². The second kappa shape index (κ2) is 8.28. The Kier molecular flexibility index (Phi) is 5.46. The molecule has 2 aliphatic rings. The minimum atomic E-state index is -4.33. The lowest BCUT2D eigenvalue weighted by atomic mass is 9.79. The fourth-order valence-electron chi connectivity index (χ4n) is 5.35. The predicted molar refractivity (Wildman–Crippen MR) is 121 cm³/mol. The highest BCUT2D eigenvalue weighted by molar-refractivity contribution is 5.57. The molecule has 0 amide bonds. The molecule has 2 nitrogen and oxygen atoms in total. The van der Waals surface area contributed by atoms with Gasteiger partial charge in [-0.1, -0.05) is 60.7 Å². The summed E-state index contributed by atoms with van der Waals surface area (Å²) in [5.41, 5.74) is 3.53. The average Bonchev–Trinajstić information content (AvgIpc) is 3.27. The van der Waals surface area contributed by atoms with Crippen LogP contribution in [0.5, 0.6) is 0 Å². The summed E-state index contributed by atoms with van der Waals surface area (Å²) in [6.07, 6.45) is -0.365. The predicted octanol–water partition coefficient (Wildman–Crippen LogP) is 6.80. The molecule has 1 fully saturated rings. The van der Waals surface area contributed by atoms with Crippen molar-refractivity contribution in [3.63, 3.8) is 0 Å². The van der Waals surface area contributed by atoms with E-state index in [1.807, 2.05) is 18.2 Å². The number of likely N-dealkylation sites (tertiary alicyclic amines) is 1. The number of anilines is 1. The number of rotatable bonds is 4. The Morgan fingerprint density at radius 1 is 0.906 bits per heavy atom. The van der Waals surface area contributed by atoms with Gasteiger partial charge in [-0.25, -0.2) is 0 Å². The van der Waals surface area contributed by atoms with Gasteiger partial charge in [-0.2, -0.15) is 13.2 Å². The first-order valence-corrected chi connectivity index (χ1v) is 11.3. The van der Waals surface area contributed by atoms with Gasteiger partial charge in [0.1, 0.15) is 0 Å². The quantitative estimate of drug-likeness (QED) is 0.484.